The Hall–Kier alpha value is -1.14. The molecule has 0 rings (SSSR count). The van der Waals surface area contributed by atoms with Gasteiger partial charge in [-0.3, -0.25) is 14.5 Å². The van der Waals surface area contributed by atoms with E-state index in [1.54, 1.807) is 14.0 Å². The van der Waals surface area contributed by atoms with Crippen molar-refractivity contribution in [2.45, 2.75) is 52.1 Å². The lowest BCUT2D eigenvalue weighted by Gasteiger charge is -2.39. The van der Waals surface area contributed by atoms with Crippen LogP contribution in [0.1, 0.15) is 40.5 Å². The van der Waals surface area contributed by atoms with E-state index in [1.807, 2.05) is 25.7 Å². The summed E-state index contributed by atoms with van der Waals surface area (Å²) in [4.78, 5) is 24.7. The molecule has 0 heterocycles. The summed E-state index contributed by atoms with van der Waals surface area (Å²) in [5.74, 6) is -0.937. The molecule has 0 aromatic carbocycles. The van der Waals surface area contributed by atoms with Crippen LogP contribution >= 0.6 is 0 Å². The summed E-state index contributed by atoms with van der Waals surface area (Å²) in [6.45, 7) is 9.26. The molecule has 20 heavy (non-hydrogen) atoms. The highest BCUT2D eigenvalue weighted by molar-refractivity contribution is 5.81. The summed E-state index contributed by atoms with van der Waals surface area (Å²) >= 11 is 0. The molecule has 0 fully saturated rings. The van der Waals surface area contributed by atoms with Crippen LogP contribution in [-0.4, -0.2) is 60.3 Å². The van der Waals surface area contributed by atoms with E-state index in [-0.39, 0.29) is 23.9 Å². The number of hydrogen-bond acceptors (Lipinski definition) is 4. The molecule has 0 saturated carbocycles. The minimum atomic E-state index is -0.855. The number of aliphatic carboxylic acids is 1. The number of carbonyl (C=O) groups is 2. The molecule has 0 aromatic rings. The number of methoxy groups -OCH3 is 1. The van der Waals surface area contributed by atoms with E-state index < -0.39 is 5.97 Å². The predicted molar refractivity (Wildman–Crippen MR) is 77.7 cm³/mol. The van der Waals surface area contributed by atoms with Gasteiger partial charge in [-0.25, -0.2) is 0 Å². The Kier molecular flexibility index (Phi) is 8.41. The average Bonchev–Trinajstić information content (AvgIpc) is 2.32. The van der Waals surface area contributed by atoms with Crippen LogP contribution in [0.2, 0.25) is 0 Å². The van der Waals surface area contributed by atoms with Gasteiger partial charge in [0.15, 0.2) is 0 Å². The lowest BCUT2D eigenvalue weighted by molar-refractivity contribution is -0.139. The van der Waals surface area contributed by atoms with Gasteiger partial charge in [-0.15, -0.1) is 0 Å². The highest BCUT2D eigenvalue weighted by Crippen LogP contribution is 2.17. The number of carbonyl (C=O) groups excluding carboxylic acids is 1. The van der Waals surface area contributed by atoms with Gasteiger partial charge in [-0.2, -0.15) is 0 Å². The lowest BCUT2D eigenvalue weighted by Crippen LogP contribution is -2.54. The number of ether oxygens (including phenoxy) is 1. The average molecular weight is 288 g/mol. The topological polar surface area (TPSA) is 78.9 Å². The third-order valence-corrected chi connectivity index (χ3v) is 3.10. The van der Waals surface area contributed by atoms with Gasteiger partial charge in [0.2, 0.25) is 5.91 Å². The largest absolute Gasteiger partial charge is 0.481 e. The van der Waals surface area contributed by atoms with Gasteiger partial charge in [0.05, 0.1) is 12.5 Å². The zero-order chi connectivity index (χ0) is 15.8. The van der Waals surface area contributed by atoms with E-state index >= 15 is 0 Å². The SMILES string of the molecule is COCCCNC(=O)C(C)N(CCC(=O)O)C(C)(C)C. The van der Waals surface area contributed by atoms with Crippen molar-refractivity contribution >= 4 is 11.9 Å². The smallest absolute Gasteiger partial charge is 0.304 e. The predicted octanol–water partition coefficient (Wildman–Crippen LogP) is 1.10. The maximum atomic E-state index is 12.1. The summed E-state index contributed by atoms with van der Waals surface area (Å²) in [5.41, 5.74) is -0.265. The monoisotopic (exact) mass is 288 g/mol. The van der Waals surface area contributed by atoms with Crippen LogP contribution in [-0.2, 0) is 14.3 Å². The van der Waals surface area contributed by atoms with Gasteiger partial charge in [0.25, 0.3) is 0 Å². The molecule has 6 nitrogen and oxygen atoms in total. The minimum Gasteiger partial charge on any atom is -0.481 e. The fourth-order valence-electron chi connectivity index (χ4n) is 2.04. The van der Waals surface area contributed by atoms with E-state index in [2.05, 4.69) is 5.32 Å². The Morgan fingerprint density at radius 1 is 1.35 bits per heavy atom. The summed E-state index contributed by atoms with van der Waals surface area (Å²) in [6.07, 6.45) is 0.790. The van der Waals surface area contributed by atoms with E-state index in [0.717, 1.165) is 6.42 Å². The van der Waals surface area contributed by atoms with Crippen LogP contribution in [0.5, 0.6) is 0 Å². The molecule has 0 spiro atoms. The first kappa shape index (κ1) is 18.9. The number of rotatable bonds is 9. The van der Waals surface area contributed by atoms with Gasteiger partial charge in [-0.1, -0.05) is 0 Å². The first-order valence-corrected chi connectivity index (χ1v) is 6.95. The second kappa shape index (κ2) is 8.92. The van der Waals surface area contributed by atoms with Crippen LogP contribution in [0.4, 0.5) is 0 Å². The zero-order valence-corrected chi connectivity index (χ0v) is 13.2. The summed E-state index contributed by atoms with van der Waals surface area (Å²) in [7, 11) is 1.62. The first-order valence-electron chi connectivity index (χ1n) is 6.95. The second-order valence-corrected chi connectivity index (χ2v) is 5.82. The number of hydrogen-bond donors (Lipinski definition) is 2. The van der Waals surface area contributed by atoms with Gasteiger partial charge >= 0.3 is 5.97 Å². The fraction of sp³-hybridized carbons (Fsp3) is 0.857. The maximum absolute atomic E-state index is 12.1. The van der Waals surface area contributed by atoms with Crippen LogP contribution in [0, 0.1) is 0 Å². The van der Waals surface area contributed by atoms with E-state index in [4.69, 9.17) is 9.84 Å². The Morgan fingerprint density at radius 2 is 1.95 bits per heavy atom. The molecule has 0 aliphatic heterocycles. The summed E-state index contributed by atoms with van der Waals surface area (Å²) < 4.78 is 4.92. The second-order valence-electron chi connectivity index (χ2n) is 5.82. The molecule has 0 aromatic heterocycles. The van der Waals surface area contributed by atoms with Crippen molar-refractivity contribution in [2.75, 3.05) is 26.8 Å². The van der Waals surface area contributed by atoms with Crippen molar-refractivity contribution in [3.63, 3.8) is 0 Å². The standard InChI is InChI=1S/C14H28N2O4/c1-11(13(19)15-8-6-10-20-5)16(14(2,3)4)9-7-12(17)18/h11H,6-10H2,1-5H3,(H,15,19)(H,17,18). The van der Waals surface area contributed by atoms with Gasteiger partial charge < -0.3 is 15.2 Å². The number of amides is 1. The van der Waals surface area contributed by atoms with Crippen LogP contribution < -0.4 is 5.32 Å². The van der Waals surface area contributed by atoms with Crippen LogP contribution in [0.3, 0.4) is 0 Å². The third-order valence-electron chi connectivity index (χ3n) is 3.10. The van der Waals surface area contributed by atoms with Gasteiger partial charge in [0, 0.05) is 32.3 Å². The number of carboxylic acids is 1. The normalized spacial score (nSPS) is 13.3. The molecule has 1 amide bonds. The molecular weight excluding hydrogens is 260 g/mol. The van der Waals surface area contributed by atoms with Crippen molar-refractivity contribution in [3.05, 3.63) is 0 Å². The van der Waals surface area contributed by atoms with Gasteiger partial charge in [-0.05, 0) is 34.1 Å². The molecule has 1 unspecified atom stereocenters. The summed E-state index contributed by atoms with van der Waals surface area (Å²) in [6, 6.07) is -0.364. The van der Waals surface area contributed by atoms with Crippen molar-refractivity contribution < 1.29 is 19.4 Å². The molecule has 6 heteroatoms. The van der Waals surface area contributed by atoms with Crippen LogP contribution in [0.25, 0.3) is 0 Å². The number of carboxylic acid groups (broad SMARTS) is 1. The quantitative estimate of drug-likeness (QED) is 0.621. The number of nitrogens with one attached hydrogen (secondary N) is 1. The summed E-state index contributed by atoms with van der Waals surface area (Å²) in [5, 5.41) is 11.7. The zero-order valence-electron chi connectivity index (χ0n) is 13.2. The van der Waals surface area contributed by atoms with Crippen molar-refractivity contribution in [1.82, 2.24) is 10.2 Å². The van der Waals surface area contributed by atoms with E-state index in [0.29, 0.717) is 19.7 Å². The molecule has 0 bridgehead atoms. The highest BCUT2D eigenvalue weighted by atomic mass is 16.5. The Balaban J connectivity index is 4.49. The molecule has 0 aliphatic rings. The van der Waals surface area contributed by atoms with Crippen molar-refractivity contribution in [3.8, 4) is 0 Å². The Labute approximate surface area is 121 Å². The van der Waals surface area contributed by atoms with Crippen molar-refractivity contribution in [2.24, 2.45) is 0 Å². The molecule has 1 atom stereocenters. The first-order chi connectivity index (χ1) is 9.20. The minimum absolute atomic E-state index is 0.0264. The highest BCUT2D eigenvalue weighted by Gasteiger charge is 2.30. The Morgan fingerprint density at radius 3 is 2.40 bits per heavy atom. The Bertz CT molecular complexity index is 313. The lowest BCUT2D eigenvalue weighted by atomic mass is 10.0. The fourth-order valence-corrected chi connectivity index (χ4v) is 2.04. The van der Waals surface area contributed by atoms with Crippen molar-refractivity contribution in [1.29, 1.82) is 0 Å². The molecule has 0 aliphatic carbocycles. The van der Waals surface area contributed by atoms with E-state index in [9.17, 15) is 9.59 Å². The third kappa shape index (κ3) is 7.45. The molecule has 118 valence electrons. The molecule has 0 saturated heterocycles. The van der Waals surface area contributed by atoms with Crippen LogP contribution in [0.15, 0.2) is 0 Å². The molecular formula is C14H28N2O4. The maximum Gasteiger partial charge on any atom is 0.304 e. The van der Waals surface area contributed by atoms with E-state index in [1.165, 1.54) is 0 Å². The molecule has 2 N–H and O–H groups in total. The number of nitrogens with zero attached hydrogens (tertiary/aromatic N) is 1. The van der Waals surface area contributed by atoms with Gasteiger partial charge in [0.1, 0.15) is 0 Å². The molecule has 0 radical (unpaired) electrons.